The van der Waals surface area contributed by atoms with Crippen molar-refractivity contribution >= 4 is 5.78 Å². The van der Waals surface area contributed by atoms with Crippen molar-refractivity contribution in [1.29, 1.82) is 0 Å². The second-order valence-electron chi connectivity index (χ2n) is 4.10. The third-order valence-electron chi connectivity index (χ3n) is 2.81. The third-order valence-corrected chi connectivity index (χ3v) is 2.81. The normalized spacial score (nSPS) is 10.2. The molecule has 2 rings (SSSR count). The van der Waals surface area contributed by atoms with Crippen molar-refractivity contribution in [3.8, 4) is 0 Å². The zero-order chi connectivity index (χ0) is 12.3. The number of rotatable bonds is 3. The molecule has 1 heterocycles. The molecule has 0 unspecified atom stereocenters. The van der Waals surface area contributed by atoms with Gasteiger partial charge < -0.3 is 0 Å². The highest BCUT2D eigenvalue weighted by Gasteiger charge is 2.08. The van der Waals surface area contributed by atoms with E-state index in [2.05, 4.69) is 9.97 Å². The van der Waals surface area contributed by atoms with E-state index in [4.69, 9.17) is 0 Å². The van der Waals surface area contributed by atoms with E-state index in [1.54, 1.807) is 12.3 Å². The van der Waals surface area contributed by atoms with Gasteiger partial charge in [-0.15, -0.1) is 0 Å². The molecule has 1 aromatic heterocycles. The molecule has 0 saturated carbocycles. The SMILES string of the molecule is Cc1ccc(C(=O)Cc2ccncn2)cc1C. The zero-order valence-electron chi connectivity index (χ0n) is 9.97. The van der Waals surface area contributed by atoms with Gasteiger partial charge in [0.05, 0.1) is 12.1 Å². The van der Waals surface area contributed by atoms with Gasteiger partial charge in [0, 0.05) is 11.8 Å². The summed E-state index contributed by atoms with van der Waals surface area (Å²) >= 11 is 0. The van der Waals surface area contributed by atoms with Gasteiger partial charge in [0.1, 0.15) is 6.33 Å². The summed E-state index contributed by atoms with van der Waals surface area (Å²) in [5, 5.41) is 0. The average Bonchev–Trinajstić information content (AvgIpc) is 2.34. The standard InChI is InChI=1S/C14H14N2O/c1-10-3-4-12(7-11(10)2)14(17)8-13-5-6-15-9-16-13/h3-7,9H,8H2,1-2H3. The van der Waals surface area contributed by atoms with E-state index >= 15 is 0 Å². The van der Waals surface area contributed by atoms with Crippen LogP contribution in [-0.4, -0.2) is 15.8 Å². The number of ketones is 1. The second kappa shape index (κ2) is 4.87. The van der Waals surface area contributed by atoms with Crippen molar-refractivity contribution in [2.24, 2.45) is 0 Å². The molecule has 86 valence electrons. The first-order chi connectivity index (χ1) is 8.16. The van der Waals surface area contributed by atoms with Crippen LogP contribution >= 0.6 is 0 Å². The van der Waals surface area contributed by atoms with Gasteiger partial charge in [0.2, 0.25) is 0 Å². The van der Waals surface area contributed by atoms with Crippen LogP contribution in [0.15, 0.2) is 36.8 Å². The number of aromatic nitrogens is 2. The van der Waals surface area contributed by atoms with E-state index in [9.17, 15) is 4.79 Å². The molecular formula is C14H14N2O. The molecule has 0 aliphatic rings. The van der Waals surface area contributed by atoms with Crippen LogP contribution in [0.4, 0.5) is 0 Å². The number of carbonyl (C=O) groups excluding carboxylic acids is 1. The van der Waals surface area contributed by atoms with E-state index in [0.29, 0.717) is 6.42 Å². The molecule has 0 atom stereocenters. The third kappa shape index (κ3) is 2.75. The summed E-state index contributed by atoms with van der Waals surface area (Å²) in [6.07, 6.45) is 3.43. The highest BCUT2D eigenvalue weighted by atomic mass is 16.1. The Morgan fingerprint density at radius 3 is 2.65 bits per heavy atom. The molecule has 0 amide bonds. The van der Waals surface area contributed by atoms with Crippen LogP contribution in [0.1, 0.15) is 27.2 Å². The fraction of sp³-hybridized carbons (Fsp3) is 0.214. The maximum atomic E-state index is 12.0. The maximum Gasteiger partial charge on any atom is 0.168 e. The molecule has 0 radical (unpaired) electrons. The predicted octanol–water partition coefficient (Wildman–Crippen LogP) is 2.52. The van der Waals surface area contributed by atoms with Gasteiger partial charge in [-0.3, -0.25) is 4.79 Å². The lowest BCUT2D eigenvalue weighted by Crippen LogP contribution is -2.05. The molecule has 3 heteroatoms. The fourth-order valence-corrected chi connectivity index (χ4v) is 1.60. The van der Waals surface area contributed by atoms with Crippen molar-refractivity contribution in [1.82, 2.24) is 9.97 Å². The summed E-state index contributed by atoms with van der Waals surface area (Å²) < 4.78 is 0. The first-order valence-electron chi connectivity index (χ1n) is 5.52. The lowest BCUT2D eigenvalue weighted by Gasteiger charge is -2.04. The van der Waals surface area contributed by atoms with E-state index in [1.165, 1.54) is 11.9 Å². The van der Waals surface area contributed by atoms with E-state index in [1.807, 2.05) is 32.0 Å². The first kappa shape index (κ1) is 11.5. The van der Waals surface area contributed by atoms with Crippen molar-refractivity contribution in [2.75, 3.05) is 0 Å². The number of Topliss-reactive ketones (excluding diaryl/α,β-unsaturated/α-hetero) is 1. The van der Waals surface area contributed by atoms with Crippen molar-refractivity contribution in [3.63, 3.8) is 0 Å². The number of hydrogen-bond donors (Lipinski definition) is 0. The molecule has 0 bridgehead atoms. The van der Waals surface area contributed by atoms with Crippen molar-refractivity contribution < 1.29 is 4.79 Å². The molecule has 0 N–H and O–H groups in total. The van der Waals surface area contributed by atoms with Gasteiger partial charge in [-0.25, -0.2) is 9.97 Å². The summed E-state index contributed by atoms with van der Waals surface area (Å²) in [5.74, 6) is 0.0896. The van der Waals surface area contributed by atoms with Gasteiger partial charge in [0.15, 0.2) is 5.78 Å². The zero-order valence-corrected chi connectivity index (χ0v) is 9.97. The van der Waals surface area contributed by atoms with Crippen LogP contribution in [-0.2, 0) is 6.42 Å². The average molecular weight is 226 g/mol. The Bertz CT molecular complexity index is 535. The topological polar surface area (TPSA) is 42.9 Å². The molecule has 3 nitrogen and oxygen atoms in total. The Kier molecular flexibility index (Phi) is 3.28. The molecule has 17 heavy (non-hydrogen) atoms. The Morgan fingerprint density at radius 1 is 1.18 bits per heavy atom. The molecule has 0 aliphatic carbocycles. The number of carbonyl (C=O) groups is 1. The molecule has 0 fully saturated rings. The fourth-order valence-electron chi connectivity index (χ4n) is 1.60. The minimum Gasteiger partial charge on any atom is -0.294 e. The van der Waals surface area contributed by atoms with Gasteiger partial charge in [-0.05, 0) is 37.1 Å². The van der Waals surface area contributed by atoms with Crippen LogP contribution in [0, 0.1) is 13.8 Å². The van der Waals surface area contributed by atoms with Gasteiger partial charge in [0.25, 0.3) is 0 Å². The van der Waals surface area contributed by atoms with Crippen LogP contribution < -0.4 is 0 Å². The highest BCUT2D eigenvalue weighted by molar-refractivity contribution is 5.97. The Hall–Kier alpha value is -2.03. The van der Waals surface area contributed by atoms with Gasteiger partial charge in [-0.1, -0.05) is 12.1 Å². The molecule has 1 aromatic carbocycles. The second-order valence-corrected chi connectivity index (χ2v) is 4.10. The van der Waals surface area contributed by atoms with Crippen LogP contribution in [0.5, 0.6) is 0 Å². The molecule has 0 aliphatic heterocycles. The largest absolute Gasteiger partial charge is 0.294 e. The summed E-state index contributed by atoms with van der Waals surface area (Å²) in [7, 11) is 0. The summed E-state index contributed by atoms with van der Waals surface area (Å²) in [5.41, 5.74) is 3.83. The lowest BCUT2D eigenvalue weighted by atomic mass is 10.0. The summed E-state index contributed by atoms with van der Waals surface area (Å²) in [6.45, 7) is 4.05. The summed E-state index contributed by atoms with van der Waals surface area (Å²) in [4.78, 5) is 19.9. The maximum absolute atomic E-state index is 12.0. The van der Waals surface area contributed by atoms with Gasteiger partial charge in [-0.2, -0.15) is 0 Å². The molecule has 2 aromatic rings. The minimum absolute atomic E-state index is 0.0896. The smallest absolute Gasteiger partial charge is 0.168 e. The van der Waals surface area contributed by atoms with Crippen LogP contribution in [0.3, 0.4) is 0 Å². The van der Waals surface area contributed by atoms with Crippen molar-refractivity contribution in [2.45, 2.75) is 20.3 Å². The Morgan fingerprint density at radius 2 is 2.00 bits per heavy atom. The minimum atomic E-state index is 0.0896. The highest BCUT2D eigenvalue weighted by Crippen LogP contribution is 2.12. The molecule has 0 spiro atoms. The predicted molar refractivity (Wildman–Crippen MR) is 66.0 cm³/mol. The van der Waals surface area contributed by atoms with E-state index in [-0.39, 0.29) is 5.78 Å². The first-order valence-corrected chi connectivity index (χ1v) is 5.52. The van der Waals surface area contributed by atoms with Crippen LogP contribution in [0.25, 0.3) is 0 Å². The Labute approximate surface area is 101 Å². The molecular weight excluding hydrogens is 212 g/mol. The number of aryl methyl sites for hydroxylation is 2. The monoisotopic (exact) mass is 226 g/mol. The number of hydrogen-bond acceptors (Lipinski definition) is 3. The van der Waals surface area contributed by atoms with Crippen LogP contribution in [0.2, 0.25) is 0 Å². The van der Waals surface area contributed by atoms with E-state index in [0.717, 1.165) is 16.8 Å². The van der Waals surface area contributed by atoms with Gasteiger partial charge >= 0.3 is 0 Å². The van der Waals surface area contributed by atoms with Crippen molar-refractivity contribution in [3.05, 3.63) is 59.2 Å². The Balaban J connectivity index is 2.18. The lowest BCUT2D eigenvalue weighted by molar-refractivity contribution is 0.0992. The summed E-state index contributed by atoms with van der Waals surface area (Å²) in [6, 6.07) is 7.53. The van der Waals surface area contributed by atoms with E-state index < -0.39 is 0 Å². The number of nitrogens with zero attached hydrogens (tertiary/aromatic N) is 2. The quantitative estimate of drug-likeness (QED) is 0.755. The molecule has 0 saturated heterocycles. The number of benzene rings is 1.